The van der Waals surface area contributed by atoms with Crippen LogP contribution in [0.1, 0.15) is 5.56 Å². The zero-order valence-electron chi connectivity index (χ0n) is 9.95. The average molecular weight is 233 g/mol. The molecule has 90 valence electrons. The minimum Gasteiger partial charge on any atom is -0.497 e. The molecule has 0 atom stereocenters. The number of benzene rings is 1. The first-order valence-electron chi connectivity index (χ1n) is 5.15. The Morgan fingerprint density at radius 2 is 2.00 bits per heavy atom. The highest BCUT2D eigenvalue weighted by Crippen LogP contribution is 2.10. The third-order valence-electron chi connectivity index (χ3n) is 2.03. The molecular formula is C13H15NO3. The lowest BCUT2D eigenvalue weighted by Crippen LogP contribution is -2.20. The maximum atomic E-state index is 11.2. The van der Waals surface area contributed by atoms with Crippen molar-refractivity contribution in [2.24, 2.45) is 0 Å². The van der Waals surface area contributed by atoms with Crippen molar-refractivity contribution in [3.8, 4) is 17.6 Å². The molecule has 0 aromatic heterocycles. The molecular weight excluding hydrogens is 218 g/mol. The normalized spacial score (nSPS) is 9.06. The number of carbonyl (C=O) groups is 1. The number of carbonyl (C=O) groups excluding carboxylic acids is 1. The molecule has 0 aliphatic heterocycles. The van der Waals surface area contributed by atoms with Crippen LogP contribution in [0.5, 0.6) is 5.75 Å². The highest BCUT2D eigenvalue weighted by atomic mass is 16.5. The van der Waals surface area contributed by atoms with Crippen molar-refractivity contribution in [3.05, 3.63) is 29.8 Å². The maximum absolute atomic E-state index is 11.2. The van der Waals surface area contributed by atoms with Crippen molar-refractivity contribution in [1.29, 1.82) is 0 Å². The van der Waals surface area contributed by atoms with Crippen molar-refractivity contribution in [2.45, 2.75) is 6.54 Å². The summed E-state index contributed by atoms with van der Waals surface area (Å²) in [5.74, 6) is 5.50. The largest absolute Gasteiger partial charge is 0.497 e. The second-order valence-corrected chi connectivity index (χ2v) is 3.27. The van der Waals surface area contributed by atoms with Gasteiger partial charge >= 0.3 is 0 Å². The Balaban J connectivity index is 2.40. The van der Waals surface area contributed by atoms with Gasteiger partial charge in [0.1, 0.15) is 12.4 Å². The van der Waals surface area contributed by atoms with E-state index in [1.165, 1.54) is 7.11 Å². The molecule has 1 aromatic rings. The van der Waals surface area contributed by atoms with Crippen molar-refractivity contribution in [2.75, 3.05) is 20.8 Å². The van der Waals surface area contributed by atoms with E-state index in [-0.39, 0.29) is 12.5 Å². The summed E-state index contributed by atoms with van der Waals surface area (Å²) in [6.45, 7) is 0.709. The fourth-order valence-corrected chi connectivity index (χ4v) is 1.16. The molecule has 4 nitrogen and oxygen atoms in total. The van der Waals surface area contributed by atoms with Crippen LogP contribution in [-0.2, 0) is 16.1 Å². The van der Waals surface area contributed by atoms with Crippen molar-refractivity contribution < 1.29 is 14.3 Å². The molecule has 0 heterocycles. The van der Waals surface area contributed by atoms with E-state index in [0.29, 0.717) is 6.54 Å². The molecule has 0 saturated heterocycles. The summed E-state index contributed by atoms with van der Waals surface area (Å²) in [6, 6.07) is 7.47. The number of ether oxygens (including phenoxy) is 2. The third kappa shape index (κ3) is 5.05. The van der Waals surface area contributed by atoms with E-state index in [1.807, 2.05) is 24.3 Å². The van der Waals surface area contributed by atoms with Gasteiger partial charge in [-0.15, -0.1) is 0 Å². The van der Waals surface area contributed by atoms with Crippen LogP contribution >= 0.6 is 0 Å². The number of rotatable bonds is 4. The van der Waals surface area contributed by atoms with E-state index in [4.69, 9.17) is 9.47 Å². The van der Waals surface area contributed by atoms with Gasteiger partial charge in [-0.2, -0.15) is 0 Å². The highest BCUT2D eigenvalue weighted by Gasteiger charge is 1.97. The summed E-state index contributed by atoms with van der Waals surface area (Å²) >= 11 is 0. The molecule has 0 unspecified atom stereocenters. The van der Waals surface area contributed by atoms with Crippen molar-refractivity contribution in [1.82, 2.24) is 5.32 Å². The quantitative estimate of drug-likeness (QED) is 0.788. The molecule has 1 amide bonds. The Kier molecular flexibility index (Phi) is 5.62. The first-order chi connectivity index (χ1) is 8.26. The number of amides is 1. The van der Waals surface area contributed by atoms with Crippen LogP contribution in [0.2, 0.25) is 0 Å². The fourth-order valence-electron chi connectivity index (χ4n) is 1.16. The summed E-state index contributed by atoms with van der Waals surface area (Å²) < 4.78 is 9.75. The predicted octanol–water partition coefficient (Wildman–Crippen LogP) is 0.961. The monoisotopic (exact) mass is 233 g/mol. The fraction of sp³-hybridized carbons (Fsp3) is 0.308. The van der Waals surface area contributed by atoms with Gasteiger partial charge in [0, 0.05) is 13.7 Å². The first kappa shape index (κ1) is 13.1. The van der Waals surface area contributed by atoms with E-state index in [0.717, 1.165) is 11.3 Å². The third-order valence-corrected chi connectivity index (χ3v) is 2.03. The lowest BCUT2D eigenvalue weighted by atomic mass is 10.2. The van der Waals surface area contributed by atoms with Crippen LogP contribution in [0, 0.1) is 11.8 Å². The molecule has 1 N–H and O–H groups in total. The molecule has 0 bridgehead atoms. The summed E-state index contributed by atoms with van der Waals surface area (Å²) in [5, 5.41) is 2.69. The molecule has 1 aromatic carbocycles. The Labute approximate surface area is 101 Å². The van der Waals surface area contributed by atoms with E-state index >= 15 is 0 Å². The zero-order chi connectivity index (χ0) is 12.5. The minimum atomic E-state index is -0.308. The van der Waals surface area contributed by atoms with E-state index in [9.17, 15) is 4.79 Å². The first-order valence-corrected chi connectivity index (χ1v) is 5.15. The minimum absolute atomic E-state index is 0.260. The lowest BCUT2D eigenvalue weighted by molar-refractivity contribution is -0.115. The van der Waals surface area contributed by atoms with E-state index in [2.05, 4.69) is 17.2 Å². The number of hydrogen-bond donors (Lipinski definition) is 1. The standard InChI is InChI=1S/C13H15NO3/c1-16-9-3-4-13(15)14-10-11-5-7-12(17-2)8-6-11/h5-8H,9-10H2,1-2H3,(H,14,15). The maximum Gasteiger partial charge on any atom is 0.296 e. The second-order valence-electron chi connectivity index (χ2n) is 3.27. The Morgan fingerprint density at radius 3 is 2.59 bits per heavy atom. The van der Waals surface area contributed by atoms with Gasteiger partial charge in [-0.25, -0.2) is 0 Å². The number of hydrogen-bond acceptors (Lipinski definition) is 3. The van der Waals surface area contributed by atoms with Gasteiger partial charge in [-0.1, -0.05) is 18.1 Å². The van der Waals surface area contributed by atoms with Gasteiger partial charge in [-0.05, 0) is 23.6 Å². The Bertz CT molecular complexity index is 415. The molecule has 0 aliphatic rings. The summed E-state index contributed by atoms with van der Waals surface area (Å²) in [4.78, 5) is 11.2. The van der Waals surface area contributed by atoms with Gasteiger partial charge in [-0.3, -0.25) is 4.79 Å². The Hall–Kier alpha value is -1.99. The number of methoxy groups -OCH3 is 2. The number of nitrogens with one attached hydrogen (secondary N) is 1. The molecule has 0 fully saturated rings. The summed E-state index contributed by atoms with van der Waals surface area (Å²) in [5.41, 5.74) is 0.993. The summed E-state index contributed by atoms with van der Waals surface area (Å²) in [7, 11) is 3.14. The van der Waals surface area contributed by atoms with Crippen molar-refractivity contribution in [3.63, 3.8) is 0 Å². The van der Waals surface area contributed by atoms with Gasteiger partial charge in [0.15, 0.2) is 0 Å². The van der Waals surface area contributed by atoms with Crippen molar-refractivity contribution >= 4 is 5.91 Å². The average Bonchev–Trinajstić information content (AvgIpc) is 2.37. The zero-order valence-corrected chi connectivity index (χ0v) is 9.95. The van der Waals surface area contributed by atoms with Crippen LogP contribution in [-0.4, -0.2) is 26.7 Å². The van der Waals surface area contributed by atoms with Crippen LogP contribution in [0.3, 0.4) is 0 Å². The molecule has 17 heavy (non-hydrogen) atoms. The van der Waals surface area contributed by atoms with Crippen LogP contribution in [0.4, 0.5) is 0 Å². The van der Waals surface area contributed by atoms with Gasteiger partial charge in [0.05, 0.1) is 7.11 Å². The van der Waals surface area contributed by atoms with Gasteiger partial charge in [0.2, 0.25) is 0 Å². The smallest absolute Gasteiger partial charge is 0.296 e. The second kappa shape index (κ2) is 7.31. The highest BCUT2D eigenvalue weighted by molar-refractivity contribution is 5.93. The SMILES string of the molecule is COCC#CC(=O)NCc1ccc(OC)cc1. The predicted molar refractivity (Wildman–Crippen MR) is 64.5 cm³/mol. The van der Waals surface area contributed by atoms with E-state index < -0.39 is 0 Å². The molecule has 0 radical (unpaired) electrons. The molecule has 1 rings (SSSR count). The van der Waals surface area contributed by atoms with Crippen LogP contribution in [0.25, 0.3) is 0 Å². The Morgan fingerprint density at radius 1 is 1.29 bits per heavy atom. The molecule has 4 heteroatoms. The van der Waals surface area contributed by atoms with Gasteiger partial charge < -0.3 is 14.8 Å². The van der Waals surface area contributed by atoms with E-state index in [1.54, 1.807) is 7.11 Å². The van der Waals surface area contributed by atoms with Gasteiger partial charge in [0.25, 0.3) is 5.91 Å². The molecule has 0 spiro atoms. The topological polar surface area (TPSA) is 47.6 Å². The van der Waals surface area contributed by atoms with Crippen LogP contribution < -0.4 is 10.1 Å². The molecule has 0 saturated carbocycles. The summed E-state index contributed by atoms with van der Waals surface area (Å²) in [6.07, 6.45) is 0. The molecule has 0 aliphatic carbocycles. The lowest BCUT2D eigenvalue weighted by Gasteiger charge is -2.03. The van der Waals surface area contributed by atoms with Crippen LogP contribution in [0.15, 0.2) is 24.3 Å².